The van der Waals surface area contributed by atoms with E-state index in [1.807, 2.05) is 0 Å². The zero-order valence-electron chi connectivity index (χ0n) is 10.1. The summed E-state index contributed by atoms with van der Waals surface area (Å²) in [5.74, 6) is 1.89. The molecule has 2 fully saturated rings. The summed E-state index contributed by atoms with van der Waals surface area (Å²) in [6.45, 7) is 3.41. The first kappa shape index (κ1) is 13.4. The topological polar surface area (TPSA) is 63.2 Å². The van der Waals surface area contributed by atoms with Gasteiger partial charge in [0.1, 0.15) is 9.84 Å². The number of thioether (sulfide) groups is 1. The van der Waals surface area contributed by atoms with E-state index in [4.69, 9.17) is 0 Å². The molecular weight excluding hydrogens is 258 g/mol. The number of hydrogen-bond donors (Lipinski definition) is 1. The molecular formula is C11H19NO3S2. The molecule has 1 spiro atoms. The zero-order chi connectivity index (χ0) is 12.5. The fourth-order valence-corrected chi connectivity index (χ4v) is 5.39. The third-order valence-corrected chi connectivity index (χ3v) is 6.67. The van der Waals surface area contributed by atoms with Crippen molar-refractivity contribution in [2.75, 3.05) is 30.3 Å². The Labute approximate surface area is 107 Å². The molecule has 98 valence electrons. The second-order valence-electron chi connectivity index (χ2n) is 5.14. The van der Waals surface area contributed by atoms with Crippen molar-refractivity contribution in [1.82, 2.24) is 5.32 Å². The molecule has 2 heterocycles. The minimum absolute atomic E-state index is 0.119. The van der Waals surface area contributed by atoms with Gasteiger partial charge in [-0.2, -0.15) is 0 Å². The average Bonchev–Trinajstić information content (AvgIpc) is 2.64. The number of sulfone groups is 1. The fourth-order valence-electron chi connectivity index (χ4n) is 2.84. The van der Waals surface area contributed by atoms with Crippen molar-refractivity contribution in [2.45, 2.75) is 19.8 Å². The molecule has 1 N–H and O–H groups in total. The highest BCUT2D eigenvalue weighted by molar-refractivity contribution is 8.13. The van der Waals surface area contributed by atoms with Crippen molar-refractivity contribution in [3.63, 3.8) is 0 Å². The summed E-state index contributed by atoms with van der Waals surface area (Å²) < 4.78 is 23.0. The number of rotatable bonds is 2. The predicted octanol–water partition coefficient (Wildman–Crippen LogP) is 0.680. The summed E-state index contributed by atoms with van der Waals surface area (Å²) in [5.41, 5.74) is 0.119. The smallest absolute Gasteiger partial charge is 0.185 e. The molecule has 6 heteroatoms. The van der Waals surface area contributed by atoms with Gasteiger partial charge >= 0.3 is 0 Å². The largest absolute Gasteiger partial charge is 0.316 e. The van der Waals surface area contributed by atoms with Crippen LogP contribution in [0.15, 0.2) is 0 Å². The Hall–Kier alpha value is -0.0700. The van der Waals surface area contributed by atoms with Crippen molar-refractivity contribution in [3.05, 3.63) is 0 Å². The quantitative estimate of drug-likeness (QED) is 0.804. The highest BCUT2D eigenvalue weighted by Crippen LogP contribution is 2.43. The van der Waals surface area contributed by atoms with Crippen LogP contribution in [-0.4, -0.2) is 43.9 Å². The van der Waals surface area contributed by atoms with Crippen LogP contribution in [0.4, 0.5) is 0 Å². The lowest BCUT2D eigenvalue weighted by atomic mass is 9.74. The molecule has 2 saturated heterocycles. The molecule has 0 amide bonds. The van der Waals surface area contributed by atoms with Gasteiger partial charge in [-0.25, -0.2) is 8.42 Å². The second-order valence-corrected chi connectivity index (χ2v) is 8.65. The normalized spacial score (nSPS) is 30.5. The molecule has 17 heavy (non-hydrogen) atoms. The minimum atomic E-state index is -2.80. The summed E-state index contributed by atoms with van der Waals surface area (Å²) in [6.07, 6.45) is 1.51. The van der Waals surface area contributed by atoms with E-state index >= 15 is 0 Å². The van der Waals surface area contributed by atoms with Gasteiger partial charge in [-0.3, -0.25) is 4.79 Å². The van der Waals surface area contributed by atoms with Gasteiger partial charge in [-0.1, -0.05) is 11.8 Å². The summed E-state index contributed by atoms with van der Waals surface area (Å²) in [6, 6.07) is 0. The highest BCUT2D eigenvalue weighted by Gasteiger charge is 2.46. The lowest BCUT2D eigenvalue weighted by Crippen LogP contribution is -2.40. The van der Waals surface area contributed by atoms with E-state index in [0.717, 1.165) is 31.7 Å². The van der Waals surface area contributed by atoms with Gasteiger partial charge in [0.05, 0.1) is 11.5 Å². The first-order chi connectivity index (χ1) is 7.94. The summed E-state index contributed by atoms with van der Waals surface area (Å²) in [5, 5.41) is 3.51. The van der Waals surface area contributed by atoms with Crippen molar-refractivity contribution in [2.24, 2.45) is 11.3 Å². The fraction of sp³-hybridized carbons (Fsp3) is 0.909. The molecule has 0 radical (unpaired) electrons. The summed E-state index contributed by atoms with van der Waals surface area (Å²) >= 11 is 1.37. The summed E-state index contributed by atoms with van der Waals surface area (Å²) in [4.78, 5) is 11.0. The molecule has 1 unspecified atom stereocenters. The molecule has 0 aromatic rings. The van der Waals surface area contributed by atoms with Crippen molar-refractivity contribution >= 4 is 26.7 Å². The van der Waals surface area contributed by atoms with E-state index in [1.165, 1.54) is 11.8 Å². The Morgan fingerprint density at radius 3 is 2.65 bits per heavy atom. The number of hydrogen-bond acceptors (Lipinski definition) is 5. The third kappa shape index (κ3) is 3.03. The molecule has 0 aromatic heterocycles. The molecule has 0 bridgehead atoms. The first-order valence-electron chi connectivity index (χ1n) is 5.98. The Kier molecular flexibility index (Phi) is 3.85. The van der Waals surface area contributed by atoms with Crippen molar-refractivity contribution < 1.29 is 13.2 Å². The van der Waals surface area contributed by atoms with Crippen LogP contribution < -0.4 is 5.32 Å². The van der Waals surface area contributed by atoms with Crippen molar-refractivity contribution in [1.29, 1.82) is 0 Å². The summed E-state index contributed by atoms with van der Waals surface area (Å²) in [7, 11) is -2.80. The maximum atomic E-state index is 11.5. The standard InChI is InChI=1S/C11H19NO3S2/c1-9(13)16-7-10-6-12-8-11(10)2-4-17(14,15)5-3-11/h10,12H,2-8H2,1H3. The van der Waals surface area contributed by atoms with E-state index in [0.29, 0.717) is 17.4 Å². The predicted molar refractivity (Wildman–Crippen MR) is 69.8 cm³/mol. The van der Waals surface area contributed by atoms with Gasteiger partial charge in [0.15, 0.2) is 5.12 Å². The van der Waals surface area contributed by atoms with Crippen LogP contribution in [0.5, 0.6) is 0 Å². The van der Waals surface area contributed by atoms with Crippen LogP contribution in [0.25, 0.3) is 0 Å². The SMILES string of the molecule is CC(=O)SCC1CNCC12CCS(=O)(=O)CC2. The van der Waals surface area contributed by atoms with Gasteiger partial charge in [-0.15, -0.1) is 0 Å². The number of carbonyl (C=O) groups excluding carboxylic acids is 1. The monoisotopic (exact) mass is 277 g/mol. The van der Waals surface area contributed by atoms with E-state index < -0.39 is 9.84 Å². The second kappa shape index (κ2) is 4.90. The van der Waals surface area contributed by atoms with Gasteiger partial charge in [0.2, 0.25) is 0 Å². The maximum Gasteiger partial charge on any atom is 0.185 e. The van der Waals surface area contributed by atoms with E-state index in [1.54, 1.807) is 6.92 Å². The van der Waals surface area contributed by atoms with Gasteiger partial charge in [0, 0.05) is 19.2 Å². The molecule has 2 rings (SSSR count). The molecule has 4 nitrogen and oxygen atoms in total. The Morgan fingerprint density at radius 1 is 1.41 bits per heavy atom. The molecule has 0 saturated carbocycles. The molecule has 0 aromatic carbocycles. The minimum Gasteiger partial charge on any atom is -0.316 e. The number of nitrogens with one attached hydrogen (secondary N) is 1. The van der Waals surface area contributed by atoms with Crippen LogP contribution in [0.3, 0.4) is 0 Å². The van der Waals surface area contributed by atoms with Crippen molar-refractivity contribution in [3.8, 4) is 0 Å². The Morgan fingerprint density at radius 2 is 2.06 bits per heavy atom. The van der Waals surface area contributed by atoms with Crippen LogP contribution in [0.2, 0.25) is 0 Å². The Bertz CT molecular complexity index is 391. The Balaban J connectivity index is 2.01. The molecule has 2 aliphatic heterocycles. The van der Waals surface area contributed by atoms with Gasteiger partial charge in [-0.05, 0) is 30.7 Å². The van der Waals surface area contributed by atoms with E-state index in [2.05, 4.69) is 5.32 Å². The zero-order valence-corrected chi connectivity index (χ0v) is 11.7. The lowest BCUT2D eigenvalue weighted by Gasteiger charge is -2.37. The van der Waals surface area contributed by atoms with E-state index in [-0.39, 0.29) is 10.5 Å². The molecule has 0 aliphatic carbocycles. The first-order valence-corrected chi connectivity index (χ1v) is 8.79. The maximum absolute atomic E-state index is 11.5. The molecule has 2 aliphatic rings. The highest BCUT2D eigenvalue weighted by atomic mass is 32.2. The lowest BCUT2D eigenvalue weighted by molar-refractivity contribution is -0.109. The van der Waals surface area contributed by atoms with Crippen LogP contribution in [0.1, 0.15) is 19.8 Å². The van der Waals surface area contributed by atoms with Crippen LogP contribution in [0, 0.1) is 11.3 Å². The number of carbonyl (C=O) groups is 1. The third-order valence-electron chi connectivity index (χ3n) is 4.04. The van der Waals surface area contributed by atoms with Gasteiger partial charge in [0.25, 0.3) is 0 Å². The van der Waals surface area contributed by atoms with E-state index in [9.17, 15) is 13.2 Å². The van der Waals surface area contributed by atoms with Crippen LogP contribution >= 0.6 is 11.8 Å². The van der Waals surface area contributed by atoms with Crippen LogP contribution in [-0.2, 0) is 14.6 Å². The van der Waals surface area contributed by atoms with Gasteiger partial charge < -0.3 is 5.32 Å². The average molecular weight is 277 g/mol. The molecule has 1 atom stereocenters.